The number of alkyl halides is 2. The lowest BCUT2D eigenvalue weighted by molar-refractivity contribution is 0.423. The third-order valence-corrected chi connectivity index (χ3v) is 0.500. The summed E-state index contributed by atoms with van der Waals surface area (Å²) in [6.07, 6.45) is 0.583. The summed E-state index contributed by atoms with van der Waals surface area (Å²) in [6.45, 7) is 3.04. The molecule has 7 heavy (non-hydrogen) atoms. The summed E-state index contributed by atoms with van der Waals surface area (Å²) in [6, 6.07) is 0. The molecule has 0 aromatic rings. The van der Waals surface area contributed by atoms with Crippen LogP contribution in [0.3, 0.4) is 0 Å². The monoisotopic (exact) mass is 142 g/mol. The fraction of sp³-hybridized carbons (Fsp3) is 1.00. The lowest BCUT2D eigenvalue weighted by atomic mass is 10.6. The topological polar surface area (TPSA) is 12.5 Å². The third kappa shape index (κ3) is 10.8. The number of hydrogen-bond acceptors (Lipinski definition) is 1. The van der Waals surface area contributed by atoms with Crippen LogP contribution in [-0.2, 0) is 4.74 Å². The Morgan fingerprint density at radius 2 is 1.86 bits per heavy atom. The van der Waals surface area contributed by atoms with Gasteiger partial charge in [-0.15, -0.1) is 23.2 Å². The fourth-order valence-corrected chi connectivity index (χ4v) is 0.0962. The first kappa shape index (κ1) is 7.54. The Balaban J connectivity index is 0.000000110. The molecule has 1 rings (SSSR count). The second-order valence-electron chi connectivity index (χ2n) is 1.24. The van der Waals surface area contributed by atoms with E-state index in [-0.39, 0.29) is 5.34 Å². The van der Waals surface area contributed by atoms with Gasteiger partial charge in [-0.05, 0) is 6.92 Å². The van der Waals surface area contributed by atoms with E-state index in [4.69, 9.17) is 27.9 Å². The highest BCUT2D eigenvalue weighted by atomic mass is 35.5. The molecule has 0 radical (unpaired) electrons. The fourth-order valence-electron chi connectivity index (χ4n) is 0.0962. The van der Waals surface area contributed by atoms with Gasteiger partial charge in [0.15, 0.2) is 0 Å². The molecule has 0 bridgehead atoms. The van der Waals surface area contributed by atoms with Gasteiger partial charge in [-0.3, -0.25) is 0 Å². The summed E-state index contributed by atoms with van der Waals surface area (Å²) < 4.78 is 4.71. The molecule has 1 unspecified atom stereocenters. The van der Waals surface area contributed by atoms with Crippen molar-refractivity contribution < 1.29 is 4.74 Å². The molecule has 0 N–H and O–H groups in total. The molecule has 44 valence electrons. The molecule has 0 aliphatic carbocycles. The lowest BCUT2D eigenvalue weighted by Gasteiger charge is -1.50. The van der Waals surface area contributed by atoms with E-state index in [9.17, 15) is 0 Å². The molecule has 1 aliphatic rings. The molecule has 0 amide bonds. The summed E-state index contributed by atoms with van der Waals surface area (Å²) in [5.41, 5.74) is 0. The van der Waals surface area contributed by atoms with Crippen LogP contribution in [0.25, 0.3) is 0 Å². The maximum atomic E-state index is 4.76. The normalized spacial score (nSPS) is 25.3. The Bertz CT molecular complexity index is 36.7. The molecular formula is C4H8Cl2O. The van der Waals surface area contributed by atoms with Gasteiger partial charge in [-0.1, -0.05) is 0 Å². The standard InChI is InChI=1S/C3H6O.CH2Cl2/c1-3-2-4-3;2-1-3/h3H,2H2,1H3;1H2. The van der Waals surface area contributed by atoms with Gasteiger partial charge in [0.05, 0.1) is 18.1 Å². The van der Waals surface area contributed by atoms with Crippen LogP contribution in [0, 0.1) is 0 Å². The number of ether oxygens (including phenoxy) is 1. The molecule has 3 heteroatoms. The Labute approximate surface area is 53.6 Å². The molecule has 1 aliphatic heterocycles. The van der Waals surface area contributed by atoms with Gasteiger partial charge in [0, 0.05) is 0 Å². The van der Waals surface area contributed by atoms with E-state index in [2.05, 4.69) is 6.92 Å². The van der Waals surface area contributed by atoms with Crippen molar-refractivity contribution >= 4 is 23.2 Å². The molecule has 0 spiro atoms. The third-order valence-electron chi connectivity index (χ3n) is 0.500. The highest BCUT2D eigenvalue weighted by molar-refractivity contribution is 6.40. The van der Waals surface area contributed by atoms with Crippen LogP contribution < -0.4 is 0 Å². The zero-order valence-corrected chi connectivity index (χ0v) is 5.67. The molecule has 0 aromatic heterocycles. The van der Waals surface area contributed by atoms with Gasteiger partial charge < -0.3 is 4.74 Å². The average molecular weight is 143 g/mol. The summed E-state index contributed by atoms with van der Waals surface area (Å²) >= 11 is 9.53. The van der Waals surface area contributed by atoms with Crippen molar-refractivity contribution in [2.75, 3.05) is 11.9 Å². The molecule has 0 saturated carbocycles. The predicted molar refractivity (Wildman–Crippen MR) is 32.0 cm³/mol. The van der Waals surface area contributed by atoms with E-state index in [1.54, 1.807) is 0 Å². The molecule has 1 nitrogen and oxygen atoms in total. The molecule has 1 fully saturated rings. The Kier molecular flexibility index (Phi) is 5.05. The SMILES string of the molecule is CC1CO1.ClCCl. The number of epoxide rings is 1. The van der Waals surface area contributed by atoms with E-state index in [1.807, 2.05) is 0 Å². The highest BCUT2D eigenvalue weighted by Crippen LogP contribution is 2.04. The largest absolute Gasteiger partial charge is 0.373 e. The Morgan fingerprint density at radius 3 is 1.86 bits per heavy atom. The zero-order valence-electron chi connectivity index (χ0n) is 4.16. The summed E-state index contributed by atoms with van der Waals surface area (Å²) in [7, 11) is 0. The average Bonchev–Trinajstić information content (AvgIpc) is 2.25. The van der Waals surface area contributed by atoms with Crippen molar-refractivity contribution in [3.63, 3.8) is 0 Å². The van der Waals surface area contributed by atoms with Gasteiger partial charge in [0.1, 0.15) is 0 Å². The van der Waals surface area contributed by atoms with Crippen molar-refractivity contribution in [2.45, 2.75) is 13.0 Å². The van der Waals surface area contributed by atoms with E-state index in [0.717, 1.165) is 6.61 Å². The van der Waals surface area contributed by atoms with Gasteiger partial charge in [0.25, 0.3) is 0 Å². The van der Waals surface area contributed by atoms with E-state index in [1.165, 1.54) is 0 Å². The van der Waals surface area contributed by atoms with Crippen molar-refractivity contribution in [1.82, 2.24) is 0 Å². The van der Waals surface area contributed by atoms with Crippen LogP contribution >= 0.6 is 23.2 Å². The maximum Gasteiger partial charge on any atom is 0.0967 e. The smallest absolute Gasteiger partial charge is 0.0967 e. The molecule has 1 saturated heterocycles. The second-order valence-corrected chi connectivity index (χ2v) is 2.05. The summed E-state index contributed by atoms with van der Waals surface area (Å²) in [5.74, 6) is 0. The van der Waals surface area contributed by atoms with Gasteiger partial charge in [-0.2, -0.15) is 0 Å². The summed E-state index contributed by atoms with van der Waals surface area (Å²) in [4.78, 5) is 0. The Morgan fingerprint density at radius 1 is 1.71 bits per heavy atom. The van der Waals surface area contributed by atoms with E-state index in [0.29, 0.717) is 6.10 Å². The van der Waals surface area contributed by atoms with Crippen LogP contribution in [0.2, 0.25) is 0 Å². The minimum atomic E-state index is 0.194. The first-order valence-corrected chi connectivity index (χ1v) is 3.11. The zero-order chi connectivity index (χ0) is 5.70. The van der Waals surface area contributed by atoms with Gasteiger partial charge >= 0.3 is 0 Å². The second kappa shape index (κ2) is 4.69. The van der Waals surface area contributed by atoms with Gasteiger partial charge in [0.2, 0.25) is 0 Å². The first-order chi connectivity index (χ1) is 3.31. The van der Waals surface area contributed by atoms with E-state index < -0.39 is 0 Å². The van der Waals surface area contributed by atoms with Crippen molar-refractivity contribution in [3.8, 4) is 0 Å². The molecule has 1 heterocycles. The van der Waals surface area contributed by atoms with Crippen LogP contribution in [0.15, 0.2) is 0 Å². The Hall–Kier alpha value is 0.540. The minimum Gasteiger partial charge on any atom is -0.373 e. The van der Waals surface area contributed by atoms with Crippen molar-refractivity contribution in [2.24, 2.45) is 0 Å². The summed E-state index contributed by atoms with van der Waals surface area (Å²) in [5, 5.41) is 0.194. The van der Waals surface area contributed by atoms with Crippen LogP contribution in [0.1, 0.15) is 6.92 Å². The first-order valence-electron chi connectivity index (χ1n) is 2.04. The van der Waals surface area contributed by atoms with Crippen molar-refractivity contribution in [3.05, 3.63) is 0 Å². The van der Waals surface area contributed by atoms with Crippen molar-refractivity contribution in [1.29, 1.82) is 0 Å². The van der Waals surface area contributed by atoms with Crippen LogP contribution in [-0.4, -0.2) is 18.1 Å². The number of rotatable bonds is 0. The quantitative estimate of drug-likeness (QED) is 0.372. The molecular weight excluding hydrogens is 135 g/mol. The minimum absolute atomic E-state index is 0.194. The maximum absolute atomic E-state index is 4.76. The van der Waals surface area contributed by atoms with Crippen LogP contribution in [0.4, 0.5) is 0 Å². The lowest BCUT2D eigenvalue weighted by Crippen LogP contribution is -1.60. The predicted octanol–water partition coefficient (Wildman–Crippen LogP) is 1.83. The van der Waals surface area contributed by atoms with E-state index >= 15 is 0 Å². The highest BCUT2D eigenvalue weighted by Gasteiger charge is 2.13. The van der Waals surface area contributed by atoms with Gasteiger partial charge in [-0.25, -0.2) is 0 Å². The molecule has 1 atom stereocenters. The van der Waals surface area contributed by atoms with Crippen LogP contribution in [0.5, 0.6) is 0 Å². The number of halogens is 2. The number of hydrogen-bond donors (Lipinski definition) is 0. The molecule has 0 aromatic carbocycles.